The molecule has 2 amide bonds. The van der Waals surface area contributed by atoms with Crippen LogP contribution in [0, 0.1) is 0 Å². The van der Waals surface area contributed by atoms with Crippen molar-refractivity contribution < 1.29 is 14.7 Å². The van der Waals surface area contributed by atoms with E-state index >= 15 is 0 Å². The average molecular weight is 244 g/mol. The van der Waals surface area contributed by atoms with Crippen LogP contribution in [0.15, 0.2) is 5.16 Å². The Morgan fingerprint density at radius 3 is 2.82 bits per heavy atom. The van der Waals surface area contributed by atoms with Gasteiger partial charge in [0.05, 0.1) is 6.61 Å². The van der Waals surface area contributed by atoms with Crippen LogP contribution in [0.1, 0.15) is 19.3 Å². The lowest BCUT2D eigenvalue weighted by Crippen LogP contribution is -2.43. The number of amides is 2. The van der Waals surface area contributed by atoms with Gasteiger partial charge in [0, 0.05) is 32.7 Å². The maximum Gasteiger partial charge on any atom is 0.317 e. The van der Waals surface area contributed by atoms with Gasteiger partial charge < -0.3 is 25.9 Å². The lowest BCUT2D eigenvalue weighted by molar-refractivity contribution is 0.150. The fourth-order valence-electron chi connectivity index (χ4n) is 1.31. The maximum absolute atomic E-state index is 11.8. The number of nitrogens with two attached hydrogens (primary N) is 1. The molecule has 17 heavy (non-hydrogen) atoms. The number of carbonyl (C=O) groups excluding carboxylic acids is 1. The van der Waals surface area contributed by atoms with E-state index in [0.29, 0.717) is 32.2 Å². The molecule has 0 bridgehead atoms. The molecule has 1 rings (SSSR count). The van der Waals surface area contributed by atoms with Crippen LogP contribution in [0.25, 0.3) is 0 Å². The highest BCUT2D eigenvalue weighted by atomic mass is 16.5. The van der Waals surface area contributed by atoms with Crippen molar-refractivity contribution >= 4 is 11.9 Å². The first kappa shape index (κ1) is 13.6. The van der Waals surface area contributed by atoms with Crippen LogP contribution >= 0.6 is 0 Å². The molecule has 1 fully saturated rings. The summed E-state index contributed by atoms with van der Waals surface area (Å²) in [6.07, 6.45) is 2.44. The van der Waals surface area contributed by atoms with Crippen molar-refractivity contribution in [2.45, 2.75) is 25.3 Å². The lowest BCUT2D eigenvalue weighted by atomic mass is 10.3. The van der Waals surface area contributed by atoms with Crippen molar-refractivity contribution in [3.63, 3.8) is 0 Å². The van der Waals surface area contributed by atoms with E-state index in [9.17, 15) is 4.79 Å². The molecule has 7 nitrogen and oxygen atoms in total. The second kappa shape index (κ2) is 6.95. The van der Waals surface area contributed by atoms with Crippen LogP contribution in [-0.2, 0) is 4.74 Å². The number of nitrogens with one attached hydrogen (secondary N) is 1. The molecular weight excluding hydrogens is 224 g/mol. The van der Waals surface area contributed by atoms with Gasteiger partial charge in [0.1, 0.15) is 5.84 Å². The van der Waals surface area contributed by atoms with E-state index in [0.717, 1.165) is 12.8 Å². The van der Waals surface area contributed by atoms with E-state index in [2.05, 4.69) is 10.5 Å². The summed E-state index contributed by atoms with van der Waals surface area (Å²) < 4.78 is 4.94. The monoisotopic (exact) mass is 244 g/mol. The van der Waals surface area contributed by atoms with E-state index in [1.807, 2.05) is 0 Å². The van der Waals surface area contributed by atoms with Gasteiger partial charge in [-0.15, -0.1) is 0 Å². The molecule has 0 saturated heterocycles. The number of rotatable bonds is 7. The third-order valence-corrected chi connectivity index (χ3v) is 2.52. The van der Waals surface area contributed by atoms with Crippen molar-refractivity contribution in [1.82, 2.24) is 10.2 Å². The van der Waals surface area contributed by atoms with Crippen LogP contribution in [-0.4, -0.2) is 54.8 Å². The largest absolute Gasteiger partial charge is 0.409 e. The molecule has 0 aromatic rings. The second-order valence-electron chi connectivity index (χ2n) is 4.04. The summed E-state index contributed by atoms with van der Waals surface area (Å²) in [7, 11) is 1.58. The quantitative estimate of drug-likeness (QED) is 0.253. The number of hydrogen-bond donors (Lipinski definition) is 3. The second-order valence-corrected chi connectivity index (χ2v) is 4.04. The molecule has 98 valence electrons. The first-order valence-electron chi connectivity index (χ1n) is 5.68. The normalized spacial score (nSPS) is 15.7. The van der Waals surface area contributed by atoms with E-state index in [1.165, 1.54) is 0 Å². The van der Waals surface area contributed by atoms with Crippen molar-refractivity contribution in [2.24, 2.45) is 10.9 Å². The topological polar surface area (TPSA) is 100 Å². The lowest BCUT2D eigenvalue weighted by Gasteiger charge is -2.22. The van der Waals surface area contributed by atoms with Gasteiger partial charge in [-0.3, -0.25) is 0 Å². The standard InChI is InChI=1S/C10H20N4O3/c1-17-7-6-14(5-4-9(11)13-16)10(15)12-8-2-3-8/h8,16H,2-7H2,1H3,(H2,11,13)(H,12,15). The molecule has 0 unspecified atom stereocenters. The molecule has 0 heterocycles. The van der Waals surface area contributed by atoms with Gasteiger partial charge in [-0.05, 0) is 12.8 Å². The summed E-state index contributed by atoms with van der Waals surface area (Å²) in [6, 6.07) is 0.201. The molecule has 1 saturated carbocycles. The van der Waals surface area contributed by atoms with Crippen molar-refractivity contribution in [2.75, 3.05) is 26.8 Å². The molecular formula is C10H20N4O3. The molecule has 7 heteroatoms. The zero-order valence-electron chi connectivity index (χ0n) is 10.1. The van der Waals surface area contributed by atoms with E-state index in [-0.39, 0.29) is 11.9 Å². The Labute approximate surface area is 101 Å². The smallest absolute Gasteiger partial charge is 0.317 e. The maximum atomic E-state index is 11.8. The summed E-state index contributed by atoms with van der Waals surface area (Å²) in [6.45, 7) is 1.37. The summed E-state index contributed by atoms with van der Waals surface area (Å²) in [5, 5.41) is 14.2. The number of carbonyl (C=O) groups is 1. The van der Waals surface area contributed by atoms with Crippen molar-refractivity contribution in [3.05, 3.63) is 0 Å². The van der Waals surface area contributed by atoms with Gasteiger partial charge in [0.2, 0.25) is 0 Å². The number of urea groups is 1. The van der Waals surface area contributed by atoms with Crippen LogP contribution < -0.4 is 11.1 Å². The Bertz CT molecular complexity index is 279. The van der Waals surface area contributed by atoms with Gasteiger partial charge in [-0.25, -0.2) is 4.79 Å². The Kier molecular flexibility index (Phi) is 5.55. The molecule has 4 N–H and O–H groups in total. The summed E-state index contributed by atoms with van der Waals surface area (Å²) in [4.78, 5) is 13.4. The van der Waals surface area contributed by atoms with Crippen LogP contribution in [0.4, 0.5) is 4.79 Å². The highest BCUT2D eigenvalue weighted by molar-refractivity contribution is 5.81. The fraction of sp³-hybridized carbons (Fsp3) is 0.800. The molecule has 1 aliphatic carbocycles. The first-order chi connectivity index (χ1) is 8.17. The van der Waals surface area contributed by atoms with Crippen molar-refractivity contribution in [1.29, 1.82) is 0 Å². The Balaban J connectivity index is 2.37. The van der Waals surface area contributed by atoms with E-state index in [1.54, 1.807) is 12.0 Å². The summed E-state index contributed by atoms with van der Waals surface area (Å²) in [5.74, 6) is 0.117. The molecule has 0 radical (unpaired) electrons. The third-order valence-electron chi connectivity index (χ3n) is 2.52. The predicted molar refractivity (Wildman–Crippen MR) is 63.0 cm³/mol. The van der Waals surface area contributed by atoms with E-state index < -0.39 is 0 Å². The minimum atomic E-state index is -0.115. The van der Waals surface area contributed by atoms with Gasteiger partial charge >= 0.3 is 6.03 Å². The molecule has 0 atom stereocenters. The molecule has 0 spiro atoms. The summed E-state index contributed by atoms with van der Waals surface area (Å²) in [5.41, 5.74) is 5.37. The van der Waals surface area contributed by atoms with Gasteiger partial charge in [-0.2, -0.15) is 0 Å². The number of amidine groups is 1. The number of oxime groups is 1. The Hall–Kier alpha value is -1.50. The Morgan fingerprint density at radius 1 is 1.59 bits per heavy atom. The highest BCUT2D eigenvalue weighted by Crippen LogP contribution is 2.18. The number of hydrogen-bond acceptors (Lipinski definition) is 4. The minimum absolute atomic E-state index is 0.115. The molecule has 0 aromatic carbocycles. The van der Waals surface area contributed by atoms with Gasteiger partial charge in [0.25, 0.3) is 0 Å². The number of methoxy groups -OCH3 is 1. The zero-order chi connectivity index (χ0) is 12.7. The fourth-order valence-corrected chi connectivity index (χ4v) is 1.31. The summed E-state index contributed by atoms with van der Waals surface area (Å²) >= 11 is 0. The van der Waals surface area contributed by atoms with Crippen LogP contribution in [0.3, 0.4) is 0 Å². The number of nitrogens with zero attached hydrogens (tertiary/aromatic N) is 2. The molecule has 0 aliphatic heterocycles. The average Bonchev–Trinajstić information content (AvgIpc) is 3.12. The minimum Gasteiger partial charge on any atom is -0.409 e. The third kappa shape index (κ3) is 5.39. The SMILES string of the molecule is COCCN(CCC(N)=NO)C(=O)NC1CC1. The van der Waals surface area contributed by atoms with Crippen LogP contribution in [0.5, 0.6) is 0 Å². The first-order valence-corrected chi connectivity index (χ1v) is 5.68. The predicted octanol–water partition coefficient (Wildman–Crippen LogP) is -0.0567. The number of ether oxygens (including phenoxy) is 1. The van der Waals surface area contributed by atoms with Gasteiger partial charge in [-0.1, -0.05) is 5.16 Å². The van der Waals surface area contributed by atoms with Gasteiger partial charge in [0.15, 0.2) is 0 Å². The Morgan fingerprint density at radius 2 is 2.29 bits per heavy atom. The molecule has 1 aliphatic rings. The zero-order valence-corrected chi connectivity index (χ0v) is 10.1. The van der Waals surface area contributed by atoms with Crippen LogP contribution in [0.2, 0.25) is 0 Å². The van der Waals surface area contributed by atoms with E-state index in [4.69, 9.17) is 15.7 Å². The highest BCUT2D eigenvalue weighted by Gasteiger charge is 2.25. The molecule has 0 aromatic heterocycles. The van der Waals surface area contributed by atoms with Crippen molar-refractivity contribution in [3.8, 4) is 0 Å².